The van der Waals surface area contributed by atoms with Gasteiger partial charge < -0.3 is 15.0 Å². The molecule has 0 aliphatic heterocycles. The largest absolute Gasteiger partial charge is 0.379 e. The number of hydrogen-bond donors (Lipinski definition) is 1. The number of rotatable bonds is 9. The smallest absolute Gasteiger partial charge is 0.193 e. The van der Waals surface area contributed by atoms with Gasteiger partial charge in [-0.05, 0) is 56.2 Å². The van der Waals surface area contributed by atoms with Gasteiger partial charge in [-0.2, -0.15) is 0 Å². The minimum Gasteiger partial charge on any atom is -0.379 e. The van der Waals surface area contributed by atoms with Crippen LogP contribution >= 0.6 is 24.0 Å². The zero-order valence-corrected chi connectivity index (χ0v) is 17.5. The Kier molecular flexibility index (Phi) is 10.2. The molecule has 24 heavy (non-hydrogen) atoms. The van der Waals surface area contributed by atoms with Gasteiger partial charge in [-0.15, -0.1) is 24.0 Å². The maximum Gasteiger partial charge on any atom is 0.193 e. The molecule has 0 radical (unpaired) electrons. The third-order valence-corrected chi connectivity index (χ3v) is 4.10. The lowest BCUT2D eigenvalue weighted by Gasteiger charge is -2.22. The number of ether oxygens (including phenoxy) is 1. The number of likely N-dealkylation sites (N-methyl/N-ethyl adjacent to an activating group) is 1. The number of aromatic nitrogens is 1. The molecule has 0 bridgehead atoms. The van der Waals surface area contributed by atoms with Crippen molar-refractivity contribution in [1.29, 1.82) is 0 Å². The third kappa shape index (κ3) is 7.79. The first-order valence-electron chi connectivity index (χ1n) is 8.67. The van der Waals surface area contributed by atoms with E-state index in [0.717, 1.165) is 51.1 Å². The number of guanidine groups is 1. The fourth-order valence-electron chi connectivity index (χ4n) is 2.38. The number of halogens is 1. The molecular weight excluding hydrogens is 415 g/mol. The van der Waals surface area contributed by atoms with Crippen LogP contribution < -0.4 is 5.32 Å². The standard InChI is InChI=1S/C18H30N4O.HI/c1-4-20-18(22(3)11-12-23-14-16-5-6-16)21-10-8-17-7-9-19-13-15(17)2;/h7,9,13,16H,4-6,8,10-12,14H2,1-3H3,(H,20,21);1H. The number of aryl methyl sites for hydroxylation is 1. The summed E-state index contributed by atoms with van der Waals surface area (Å²) in [7, 11) is 2.07. The van der Waals surface area contributed by atoms with Gasteiger partial charge >= 0.3 is 0 Å². The van der Waals surface area contributed by atoms with Gasteiger partial charge in [0.25, 0.3) is 0 Å². The summed E-state index contributed by atoms with van der Waals surface area (Å²) < 4.78 is 5.71. The molecule has 1 fully saturated rings. The van der Waals surface area contributed by atoms with Crippen LogP contribution in [0.25, 0.3) is 0 Å². The van der Waals surface area contributed by atoms with Gasteiger partial charge in [-0.3, -0.25) is 9.98 Å². The van der Waals surface area contributed by atoms with Crippen LogP contribution in [0.1, 0.15) is 30.9 Å². The number of aliphatic imine (C=N–C) groups is 1. The molecule has 1 N–H and O–H groups in total. The van der Waals surface area contributed by atoms with Crippen molar-refractivity contribution >= 4 is 29.9 Å². The third-order valence-electron chi connectivity index (χ3n) is 4.10. The topological polar surface area (TPSA) is 49.8 Å². The minimum atomic E-state index is 0. The van der Waals surface area contributed by atoms with Gasteiger partial charge in [0.2, 0.25) is 0 Å². The molecule has 0 aromatic carbocycles. The van der Waals surface area contributed by atoms with E-state index in [4.69, 9.17) is 9.73 Å². The molecule has 1 aromatic heterocycles. The fraction of sp³-hybridized carbons (Fsp3) is 0.667. The first-order valence-corrected chi connectivity index (χ1v) is 8.67. The second-order valence-electron chi connectivity index (χ2n) is 6.23. The Labute approximate surface area is 163 Å². The van der Waals surface area contributed by atoms with E-state index in [9.17, 15) is 0 Å². The summed E-state index contributed by atoms with van der Waals surface area (Å²) in [4.78, 5) is 11.0. The Hall–Kier alpha value is -0.890. The average molecular weight is 446 g/mol. The van der Waals surface area contributed by atoms with Crippen molar-refractivity contribution in [3.8, 4) is 0 Å². The van der Waals surface area contributed by atoms with E-state index in [-0.39, 0.29) is 24.0 Å². The lowest BCUT2D eigenvalue weighted by molar-refractivity contribution is 0.115. The molecule has 2 rings (SSSR count). The van der Waals surface area contributed by atoms with Crippen LogP contribution in [0.4, 0.5) is 0 Å². The van der Waals surface area contributed by atoms with Crippen molar-refractivity contribution < 1.29 is 4.74 Å². The Morgan fingerprint density at radius 1 is 1.46 bits per heavy atom. The van der Waals surface area contributed by atoms with Gasteiger partial charge in [0.15, 0.2) is 5.96 Å². The summed E-state index contributed by atoms with van der Waals surface area (Å²) in [6.45, 7) is 8.40. The number of nitrogens with one attached hydrogen (secondary N) is 1. The summed E-state index contributed by atoms with van der Waals surface area (Å²) >= 11 is 0. The van der Waals surface area contributed by atoms with E-state index in [1.165, 1.54) is 24.0 Å². The highest BCUT2D eigenvalue weighted by Gasteiger charge is 2.21. The SMILES string of the molecule is CCNC(=NCCc1ccncc1C)N(C)CCOCC1CC1.I. The molecule has 0 atom stereocenters. The molecule has 1 aliphatic rings. The van der Waals surface area contributed by atoms with E-state index in [2.05, 4.69) is 42.2 Å². The normalized spacial score (nSPS) is 14.2. The average Bonchev–Trinajstić information content (AvgIpc) is 3.36. The highest BCUT2D eigenvalue weighted by atomic mass is 127. The van der Waals surface area contributed by atoms with E-state index >= 15 is 0 Å². The zero-order chi connectivity index (χ0) is 16.5. The Morgan fingerprint density at radius 2 is 2.25 bits per heavy atom. The minimum absolute atomic E-state index is 0. The molecule has 5 nitrogen and oxygen atoms in total. The van der Waals surface area contributed by atoms with E-state index in [1.54, 1.807) is 0 Å². The van der Waals surface area contributed by atoms with Crippen molar-refractivity contribution in [2.24, 2.45) is 10.9 Å². The van der Waals surface area contributed by atoms with E-state index in [1.807, 2.05) is 12.4 Å². The van der Waals surface area contributed by atoms with Crippen molar-refractivity contribution in [3.05, 3.63) is 29.6 Å². The van der Waals surface area contributed by atoms with Gasteiger partial charge in [0.1, 0.15) is 0 Å². The summed E-state index contributed by atoms with van der Waals surface area (Å²) in [6, 6.07) is 2.08. The fourth-order valence-corrected chi connectivity index (χ4v) is 2.38. The first-order chi connectivity index (χ1) is 11.2. The van der Waals surface area contributed by atoms with Crippen molar-refractivity contribution in [2.45, 2.75) is 33.1 Å². The van der Waals surface area contributed by atoms with Crippen LogP contribution in [0, 0.1) is 12.8 Å². The molecule has 0 saturated heterocycles. The molecule has 0 unspecified atom stereocenters. The molecule has 0 amide bonds. The summed E-state index contributed by atoms with van der Waals surface area (Å²) in [5.41, 5.74) is 2.55. The maximum absolute atomic E-state index is 5.71. The molecule has 6 heteroatoms. The predicted molar refractivity (Wildman–Crippen MR) is 110 cm³/mol. The lowest BCUT2D eigenvalue weighted by Crippen LogP contribution is -2.40. The maximum atomic E-state index is 5.71. The van der Waals surface area contributed by atoms with Crippen LogP contribution in [-0.2, 0) is 11.2 Å². The van der Waals surface area contributed by atoms with Gasteiger partial charge in [0.05, 0.1) is 6.61 Å². The van der Waals surface area contributed by atoms with Crippen molar-refractivity contribution in [2.75, 3.05) is 39.9 Å². The van der Waals surface area contributed by atoms with E-state index < -0.39 is 0 Å². The molecule has 136 valence electrons. The Morgan fingerprint density at radius 3 is 2.92 bits per heavy atom. The number of nitrogens with zero attached hydrogens (tertiary/aromatic N) is 3. The van der Waals surface area contributed by atoms with Crippen LogP contribution in [0.2, 0.25) is 0 Å². The van der Waals surface area contributed by atoms with Gasteiger partial charge in [-0.25, -0.2) is 0 Å². The van der Waals surface area contributed by atoms with E-state index in [0.29, 0.717) is 0 Å². The van der Waals surface area contributed by atoms with Crippen molar-refractivity contribution in [1.82, 2.24) is 15.2 Å². The summed E-state index contributed by atoms with van der Waals surface area (Å²) in [5.74, 6) is 1.78. The highest BCUT2D eigenvalue weighted by molar-refractivity contribution is 14.0. The zero-order valence-electron chi connectivity index (χ0n) is 15.1. The predicted octanol–water partition coefficient (Wildman–Crippen LogP) is 2.87. The first kappa shape index (κ1) is 21.2. The van der Waals surface area contributed by atoms with Crippen molar-refractivity contribution in [3.63, 3.8) is 0 Å². The van der Waals surface area contributed by atoms with Gasteiger partial charge in [-0.1, -0.05) is 0 Å². The monoisotopic (exact) mass is 446 g/mol. The van der Waals surface area contributed by atoms with Crippen LogP contribution in [0.15, 0.2) is 23.5 Å². The second-order valence-corrected chi connectivity index (χ2v) is 6.23. The lowest BCUT2D eigenvalue weighted by atomic mass is 10.1. The number of pyridine rings is 1. The quantitative estimate of drug-likeness (QED) is 0.274. The molecule has 1 aliphatic carbocycles. The Balaban J connectivity index is 0.00000288. The molecule has 1 aromatic rings. The van der Waals surface area contributed by atoms with Crippen LogP contribution in [0.5, 0.6) is 0 Å². The van der Waals surface area contributed by atoms with Crippen LogP contribution in [0.3, 0.4) is 0 Å². The molecular formula is C18H31IN4O. The highest BCUT2D eigenvalue weighted by Crippen LogP contribution is 2.28. The van der Waals surface area contributed by atoms with Gasteiger partial charge in [0, 0.05) is 45.7 Å². The number of hydrogen-bond acceptors (Lipinski definition) is 3. The summed E-state index contributed by atoms with van der Waals surface area (Å²) in [5, 5.41) is 3.35. The molecule has 1 saturated carbocycles. The summed E-state index contributed by atoms with van der Waals surface area (Å²) in [6.07, 6.45) is 7.38. The second kappa shape index (κ2) is 11.6. The molecule has 1 heterocycles. The Bertz CT molecular complexity index is 506. The molecule has 0 spiro atoms. The van der Waals surface area contributed by atoms with Crippen LogP contribution in [-0.4, -0.2) is 55.7 Å².